The first kappa shape index (κ1) is 23.4. The fourth-order valence-corrected chi connectivity index (χ4v) is 4.01. The fourth-order valence-electron chi connectivity index (χ4n) is 3.72. The summed E-state index contributed by atoms with van der Waals surface area (Å²) in [6, 6.07) is 7.94. The Kier molecular flexibility index (Phi) is 7.37. The van der Waals surface area contributed by atoms with E-state index in [1.54, 1.807) is 31.4 Å². The zero-order valence-corrected chi connectivity index (χ0v) is 19.9. The maximum Gasteiger partial charge on any atom is 0.324 e. The molecule has 1 aliphatic heterocycles. The molecule has 0 saturated carbocycles. The summed E-state index contributed by atoms with van der Waals surface area (Å²) >= 11 is 11.9. The number of amides is 2. The van der Waals surface area contributed by atoms with Crippen LogP contribution < -0.4 is 20.1 Å². The van der Waals surface area contributed by atoms with Gasteiger partial charge in [0.2, 0.25) is 0 Å². The first-order valence-corrected chi connectivity index (χ1v) is 11.4. The predicted octanol–water partition coefficient (Wildman–Crippen LogP) is 5.31. The van der Waals surface area contributed by atoms with E-state index < -0.39 is 6.03 Å². The Hall–Kier alpha value is -2.81. The van der Waals surface area contributed by atoms with Crippen LogP contribution in [-0.2, 0) is 0 Å². The Balaban J connectivity index is 1.49. The molecule has 2 aromatic carbocycles. The van der Waals surface area contributed by atoms with Gasteiger partial charge in [0.15, 0.2) is 11.5 Å². The molecule has 4 rings (SSSR count). The second-order valence-electron chi connectivity index (χ2n) is 8.01. The number of nitrogens with one attached hydrogen (secondary N) is 2. The number of halogens is 2. The predicted molar refractivity (Wildman–Crippen MR) is 131 cm³/mol. The minimum Gasteiger partial charge on any atom is -0.493 e. The van der Waals surface area contributed by atoms with E-state index in [1.807, 2.05) is 6.07 Å². The molecule has 1 aromatic heterocycles. The molecule has 1 aliphatic rings. The second-order valence-corrected chi connectivity index (χ2v) is 8.82. The van der Waals surface area contributed by atoms with Gasteiger partial charge in [-0.1, -0.05) is 23.2 Å². The molecule has 2 heterocycles. The van der Waals surface area contributed by atoms with Gasteiger partial charge < -0.3 is 19.7 Å². The summed E-state index contributed by atoms with van der Waals surface area (Å²) < 4.78 is 11.7. The lowest BCUT2D eigenvalue weighted by atomic mass is 9.98. The fraction of sp³-hybridized carbons (Fsp3) is 0.348. The molecule has 0 aliphatic carbocycles. The van der Waals surface area contributed by atoms with E-state index >= 15 is 0 Å². The van der Waals surface area contributed by atoms with Gasteiger partial charge in [-0.15, -0.1) is 0 Å². The summed E-state index contributed by atoms with van der Waals surface area (Å²) in [7, 11) is 3.72. The number of ether oxygens (including phenoxy) is 2. The van der Waals surface area contributed by atoms with Gasteiger partial charge in [-0.2, -0.15) is 0 Å². The summed E-state index contributed by atoms with van der Waals surface area (Å²) in [6.07, 6.45) is 3.61. The van der Waals surface area contributed by atoms with Gasteiger partial charge in [-0.3, -0.25) is 5.32 Å². The highest BCUT2D eigenvalue weighted by atomic mass is 35.5. The topological polar surface area (TPSA) is 88.6 Å². The first-order chi connectivity index (χ1) is 15.9. The number of urea groups is 1. The van der Waals surface area contributed by atoms with Gasteiger partial charge in [0.25, 0.3) is 0 Å². The highest BCUT2D eigenvalue weighted by Gasteiger charge is 2.19. The van der Waals surface area contributed by atoms with Crippen molar-refractivity contribution in [2.75, 3.05) is 44.5 Å². The van der Waals surface area contributed by atoms with Crippen LogP contribution in [0.15, 0.2) is 36.7 Å². The number of benzene rings is 2. The summed E-state index contributed by atoms with van der Waals surface area (Å²) in [4.78, 5) is 23.4. The van der Waals surface area contributed by atoms with Crippen LogP contribution in [0, 0.1) is 5.92 Å². The van der Waals surface area contributed by atoms with Crippen molar-refractivity contribution in [1.29, 1.82) is 0 Å². The maximum atomic E-state index is 12.5. The number of methoxy groups -OCH3 is 1. The number of anilines is 2. The quantitative estimate of drug-likeness (QED) is 0.487. The van der Waals surface area contributed by atoms with Crippen LogP contribution in [0.1, 0.15) is 12.8 Å². The SMILES string of the molecule is COc1cc2c(NC(=O)Nc3ccc(Cl)c(Cl)c3)ncnc2cc1OCC1CCN(C)CC1. The Morgan fingerprint density at radius 3 is 2.61 bits per heavy atom. The van der Waals surface area contributed by atoms with Gasteiger partial charge in [0, 0.05) is 17.1 Å². The van der Waals surface area contributed by atoms with E-state index in [0.717, 1.165) is 25.9 Å². The smallest absolute Gasteiger partial charge is 0.324 e. The number of rotatable bonds is 6. The summed E-state index contributed by atoms with van der Waals surface area (Å²) in [5.74, 6) is 2.03. The molecule has 174 valence electrons. The zero-order chi connectivity index (χ0) is 23.4. The minimum absolute atomic E-state index is 0.345. The second kappa shape index (κ2) is 10.4. The van der Waals surface area contributed by atoms with Crippen molar-refractivity contribution >= 4 is 51.6 Å². The molecule has 0 spiro atoms. The number of piperidine rings is 1. The van der Waals surface area contributed by atoms with E-state index in [0.29, 0.717) is 56.5 Å². The molecule has 3 aromatic rings. The van der Waals surface area contributed by atoms with E-state index in [-0.39, 0.29) is 0 Å². The molecule has 33 heavy (non-hydrogen) atoms. The van der Waals surface area contributed by atoms with Gasteiger partial charge in [-0.25, -0.2) is 14.8 Å². The van der Waals surface area contributed by atoms with E-state index in [9.17, 15) is 4.79 Å². The minimum atomic E-state index is -0.477. The molecule has 2 N–H and O–H groups in total. The average Bonchev–Trinajstić information content (AvgIpc) is 2.80. The standard InChI is InChI=1S/C23H25Cl2N5O3/c1-30-7-5-14(6-8-30)12-33-21-11-19-16(10-20(21)32-2)22(27-13-26-19)29-23(31)28-15-3-4-17(24)18(25)9-15/h3-4,9-11,13-14H,5-8,12H2,1-2H3,(H2,26,27,28,29,31). The van der Waals surface area contributed by atoms with Crippen LogP contribution in [0.3, 0.4) is 0 Å². The molecule has 10 heteroatoms. The number of fused-ring (bicyclic) bond motifs is 1. The van der Waals surface area contributed by atoms with E-state index in [4.69, 9.17) is 32.7 Å². The number of hydrogen-bond acceptors (Lipinski definition) is 6. The van der Waals surface area contributed by atoms with Crippen LogP contribution in [0.5, 0.6) is 11.5 Å². The lowest BCUT2D eigenvalue weighted by molar-refractivity contribution is 0.157. The van der Waals surface area contributed by atoms with Crippen molar-refractivity contribution in [3.05, 3.63) is 46.7 Å². The van der Waals surface area contributed by atoms with Crippen LogP contribution >= 0.6 is 23.2 Å². The van der Waals surface area contributed by atoms with Crippen molar-refractivity contribution in [3.8, 4) is 11.5 Å². The zero-order valence-electron chi connectivity index (χ0n) is 18.4. The largest absolute Gasteiger partial charge is 0.493 e. The molecule has 0 atom stereocenters. The summed E-state index contributed by atoms with van der Waals surface area (Å²) in [6.45, 7) is 2.78. The number of likely N-dealkylation sites (tertiary alicyclic amines) is 1. The van der Waals surface area contributed by atoms with Crippen LogP contribution in [0.25, 0.3) is 10.9 Å². The molecule has 8 nitrogen and oxygen atoms in total. The Morgan fingerprint density at radius 1 is 1.09 bits per heavy atom. The van der Waals surface area contributed by atoms with Crippen LogP contribution in [-0.4, -0.2) is 54.8 Å². The third-order valence-corrected chi connectivity index (χ3v) is 6.38. The summed E-state index contributed by atoms with van der Waals surface area (Å²) in [5.41, 5.74) is 1.14. The Labute approximate surface area is 202 Å². The van der Waals surface area contributed by atoms with Crippen LogP contribution in [0.2, 0.25) is 10.0 Å². The number of aromatic nitrogens is 2. The molecular formula is C23H25Cl2N5O3. The van der Waals surface area contributed by atoms with Gasteiger partial charge >= 0.3 is 6.03 Å². The molecule has 0 bridgehead atoms. The van der Waals surface area contributed by atoms with Gasteiger partial charge in [0.1, 0.15) is 12.1 Å². The molecular weight excluding hydrogens is 465 g/mol. The van der Waals surface area contributed by atoms with Crippen molar-refractivity contribution in [2.24, 2.45) is 5.92 Å². The number of carbonyl (C=O) groups excluding carboxylic acids is 1. The molecule has 2 amide bonds. The third kappa shape index (κ3) is 5.76. The molecule has 1 fully saturated rings. The average molecular weight is 490 g/mol. The van der Waals surface area contributed by atoms with E-state index in [1.165, 1.54) is 6.33 Å². The molecule has 1 saturated heterocycles. The maximum absolute atomic E-state index is 12.5. The third-order valence-electron chi connectivity index (χ3n) is 5.64. The lowest BCUT2D eigenvalue weighted by Gasteiger charge is -2.28. The van der Waals surface area contributed by atoms with Crippen molar-refractivity contribution in [1.82, 2.24) is 14.9 Å². The van der Waals surface area contributed by atoms with Gasteiger partial charge in [0.05, 0.1) is 29.3 Å². The number of hydrogen-bond donors (Lipinski definition) is 2. The Bertz CT molecular complexity index is 1150. The van der Waals surface area contributed by atoms with E-state index in [2.05, 4.69) is 32.5 Å². The molecule has 0 unspecified atom stereocenters. The number of carbonyl (C=O) groups is 1. The lowest BCUT2D eigenvalue weighted by Crippen LogP contribution is -2.32. The normalized spacial score (nSPS) is 14.8. The van der Waals surface area contributed by atoms with Crippen LogP contribution in [0.4, 0.5) is 16.3 Å². The van der Waals surface area contributed by atoms with Crippen molar-refractivity contribution < 1.29 is 14.3 Å². The highest BCUT2D eigenvalue weighted by molar-refractivity contribution is 6.42. The molecule has 0 radical (unpaired) electrons. The number of nitrogens with zero attached hydrogens (tertiary/aromatic N) is 3. The monoisotopic (exact) mass is 489 g/mol. The first-order valence-electron chi connectivity index (χ1n) is 10.6. The Morgan fingerprint density at radius 2 is 1.88 bits per heavy atom. The van der Waals surface area contributed by atoms with Gasteiger partial charge in [-0.05, 0) is 63.2 Å². The van der Waals surface area contributed by atoms with Crippen molar-refractivity contribution in [3.63, 3.8) is 0 Å². The highest BCUT2D eigenvalue weighted by Crippen LogP contribution is 2.35. The van der Waals surface area contributed by atoms with Crippen molar-refractivity contribution in [2.45, 2.75) is 12.8 Å². The summed E-state index contributed by atoms with van der Waals surface area (Å²) in [5, 5.41) is 6.84.